The second-order valence-electron chi connectivity index (χ2n) is 5.00. The topological polar surface area (TPSA) is 67.2 Å². The molecule has 0 amide bonds. The van der Waals surface area contributed by atoms with Crippen LogP contribution < -0.4 is 10.6 Å². The molecule has 116 valence electrons. The molecule has 0 spiro atoms. The van der Waals surface area contributed by atoms with Gasteiger partial charge >= 0.3 is 6.18 Å². The van der Waals surface area contributed by atoms with Gasteiger partial charge in [-0.2, -0.15) is 13.2 Å². The van der Waals surface area contributed by atoms with E-state index in [1.165, 1.54) is 0 Å². The van der Waals surface area contributed by atoms with Crippen molar-refractivity contribution in [3.8, 4) is 0 Å². The molecule has 0 radical (unpaired) electrons. The second-order valence-corrected chi connectivity index (χ2v) is 5.00. The van der Waals surface area contributed by atoms with Crippen molar-refractivity contribution < 1.29 is 18.1 Å². The van der Waals surface area contributed by atoms with Crippen LogP contribution in [0.25, 0.3) is 0 Å². The largest absolute Gasteiger partial charge is 0.416 e. The van der Waals surface area contributed by atoms with Crippen LogP contribution >= 0.6 is 0 Å². The van der Waals surface area contributed by atoms with Crippen LogP contribution in [0.2, 0.25) is 0 Å². The monoisotopic (exact) mass is 303 g/mol. The Hall–Kier alpha value is -1.83. The zero-order valence-electron chi connectivity index (χ0n) is 11.2. The number of anilines is 1. The highest BCUT2D eigenvalue weighted by molar-refractivity contribution is 5.62. The summed E-state index contributed by atoms with van der Waals surface area (Å²) < 4.78 is 37.7. The molecule has 0 aliphatic carbocycles. The first kappa shape index (κ1) is 15.6. The number of rotatable bonds is 5. The first-order chi connectivity index (χ1) is 9.88. The van der Waals surface area contributed by atoms with Crippen LogP contribution in [0.15, 0.2) is 18.2 Å². The molecule has 0 bridgehead atoms. The van der Waals surface area contributed by atoms with Crippen molar-refractivity contribution in [1.29, 1.82) is 0 Å². The summed E-state index contributed by atoms with van der Waals surface area (Å²) in [6, 6.07) is 2.90. The normalized spacial score (nSPS) is 18.7. The minimum Gasteiger partial charge on any atom is -0.379 e. The van der Waals surface area contributed by atoms with Crippen molar-refractivity contribution in [3.05, 3.63) is 33.9 Å². The first-order valence-corrected chi connectivity index (χ1v) is 6.71. The van der Waals surface area contributed by atoms with Gasteiger partial charge in [0.1, 0.15) is 5.69 Å². The summed E-state index contributed by atoms with van der Waals surface area (Å²) >= 11 is 0. The van der Waals surface area contributed by atoms with E-state index >= 15 is 0 Å². The highest BCUT2D eigenvalue weighted by Crippen LogP contribution is 2.34. The van der Waals surface area contributed by atoms with Gasteiger partial charge in [-0.25, -0.2) is 0 Å². The Bertz CT molecular complexity index is 514. The van der Waals surface area contributed by atoms with E-state index in [9.17, 15) is 23.3 Å². The Morgan fingerprint density at radius 3 is 2.76 bits per heavy atom. The average Bonchev–Trinajstić information content (AvgIpc) is 2.90. The maximum absolute atomic E-state index is 12.6. The molecular weight excluding hydrogens is 287 g/mol. The zero-order valence-corrected chi connectivity index (χ0v) is 11.2. The van der Waals surface area contributed by atoms with Crippen LogP contribution in [0, 0.1) is 10.1 Å². The quantitative estimate of drug-likeness (QED) is 0.647. The van der Waals surface area contributed by atoms with Crippen LogP contribution in [-0.2, 0) is 6.18 Å². The molecule has 5 nitrogen and oxygen atoms in total. The molecular formula is C13H16F3N3O2. The number of nitro benzene ring substituents is 1. The van der Waals surface area contributed by atoms with Crippen LogP contribution in [0.4, 0.5) is 24.5 Å². The maximum Gasteiger partial charge on any atom is 0.416 e. The Balaban J connectivity index is 2.05. The summed E-state index contributed by atoms with van der Waals surface area (Å²) in [5.41, 5.74) is -1.45. The average molecular weight is 303 g/mol. The van der Waals surface area contributed by atoms with Gasteiger partial charge in [-0.3, -0.25) is 10.1 Å². The molecule has 1 heterocycles. The Morgan fingerprint density at radius 1 is 1.43 bits per heavy atom. The van der Waals surface area contributed by atoms with Crippen molar-refractivity contribution in [2.75, 3.05) is 18.4 Å². The highest BCUT2D eigenvalue weighted by Gasteiger charge is 2.33. The molecule has 1 saturated heterocycles. The summed E-state index contributed by atoms with van der Waals surface area (Å²) in [7, 11) is 0. The van der Waals surface area contributed by atoms with Crippen molar-refractivity contribution in [1.82, 2.24) is 5.32 Å². The number of hydrogen-bond donors (Lipinski definition) is 2. The fraction of sp³-hybridized carbons (Fsp3) is 0.538. The van der Waals surface area contributed by atoms with Gasteiger partial charge < -0.3 is 10.6 Å². The summed E-state index contributed by atoms with van der Waals surface area (Å²) in [5, 5.41) is 17.0. The van der Waals surface area contributed by atoms with Gasteiger partial charge in [-0.15, -0.1) is 0 Å². The van der Waals surface area contributed by atoms with Crippen LogP contribution in [0.3, 0.4) is 0 Å². The summed E-state index contributed by atoms with van der Waals surface area (Å²) in [6.45, 7) is 1.44. The molecule has 0 saturated carbocycles. The lowest BCUT2D eigenvalue weighted by Gasteiger charge is -2.13. The van der Waals surface area contributed by atoms with Gasteiger partial charge in [0.2, 0.25) is 0 Å². The fourth-order valence-electron chi connectivity index (χ4n) is 2.39. The smallest absolute Gasteiger partial charge is 0.379 e. The van der Waals surface area contributed by atoms with E-state index in [-0.39, 0.29) is 5.69 Å². The fourth-order valence-corrected chi connectivity index (χ4v) is 2.39. The predicted molar refractivity (Wildman–Crippen MR) is 72.2 cm³/mol. The molecule has 0 aromatic heterocycles. The second kappa shape index (κ2) is 6.30. The molecule has 2 N–H and O–H groups in total. The molecule has 2 rings (SSSR count). The highest BCUT2D eigenvalue weighted by atomic mass is 19.4. The molecule has 1 atom stereocenters. The van der Waals surface area contributed by atoms with Crippen LogP contribution in [-0.4, -0.2) is 24.1 Å². The van der Waals surface area contributed by atoms with Gasteiger partial charge in [-0.1, -0.05) is 0 Å². The SMILES string of the molecule is O=[N+]([O-])c1cc(C(F)(F)F)ccc1NCC[C@@H]1CCCN1. The molecule has 1 fully saturated rings. The number of benzene rings is 1. The van der Waals surface area contributed by atoms with Crippen molar-refractivity contribution in [2.45, 2.75) is 31.5 Å². The Kier molecular flexibility index (Phi) is 4.66. The molecule has 8 heteroatoms. The van der Waals surface area contributed by atoms with Crippen molar-refractivity contribution in [2.24, 2.45) is 0 Å². The predicted octanol–water partition coefficient (Wildman–Crippen LogP) is 3.17. The number of alkyl halides is 3. The van der Waals surface area contributed by atoms with Gasteiger partial charge in [-0.05, 0) is 37.9 Å². The maximum atomic E-state index is 12.6. The summed E-state index contributed by atoms with van der Waals surface area (Å²) in [5.74, 6) is 0. The van der Waals surface area contributed by atoms with Gasteiger partial charge in [0.15, 0.2) is 0 Å². The molecule has 1 aromatic carbocycles. The van der Waals surface area contributed by atoms with Gasteiger partial charge in [0.05, 0.1) is 10.5 Å². The van der Waals surface area contributed by atoms with Crippen molar-refractivity contribution >= 4 is 11.4 Å². The number of halogens is 3. The van der Waals surface area contributed by atoms with E-state index in [0.29, 0.717) is 18.7 Å². The van der Waals surface area contributed by atoms with E-state index in [1.54, 1.807) is 0 Å². The van der Waals surface area contributed by atoms with Crippen LogP contribution in [0.5, 0.6) is 0 Å². The third-order valence-corrected chi connectivity index (χ3v) is 3.49. The van der Waals surface area contributed by atoms with E-state index < -0.39 is 22.4 Å². The Labute approximate surface area is 119 Å². The molecule has 1 aliphatic heterocycles. The lowest BCUT2D eigenvalue weighted by Crippen LogP contribution is -2.24. The number of hydrogen-bond acceptors (Lipinski definition) is 4. The number of nitro groups is 1. The standard InChI is InChI=1S/C13H16F3N3O2/c14-13(15,16)9-3-4-11(12(8-9)19(20)21)18-7-5-10-2-1-6-17-10/h3-4,8,10,17-18H,1-2,5-7H2/t10-/m0/s1. The van der Waals surface area contributed by atoms with E-state index in [1.807, 2.05) is 0 Å². The summed E-state index contributed by atoms with van der Waals surface area (Å²) in [6.07, 6.45) is -1.66. The minimum atomic E-state index is -4.59. The number of nitrogens with zero attached hydrogens (tertiary/aromatic N) is 1. The third-order valence-electron chi connectivity index (χ3n) is 3.49. The first-order valence-electron chi connectivity index (χ1n) is 6.71. The van der Waals surface area contributed by atoms with Gasteiger partial charge in [0, 0.05) is 18.7 Å². The minimum absolute atomic E-state index is 0.117. The van der Waals surface area contributed by atoms with E-state index in [0.717, 1.165) is 37.9 Å². The lowest BCUT2D eigenvalue weighted by atomic mass is 10.1. The van der Waals surface area contributed by atoms with Gasteiger partial charge in [0.25, 0.3) is 5.69 Å². The lowest BCUT2D eigenvalue weighted by molar-refractivity contribution is -0.384. The molecule has 0 unspecified atom stereocenters. The zero-order chi connectivity index (χ0) is 15.5. The molecule has 21 heavy (non-hydrogen) atoms. The van der Waals surface area contributed by atoms with Crippen molar-refractivity contribution in [3.63, 3.8) is 0 Å². The summed E-state index contributed by atoms with van der Waals surface area (Å²) in [4.78, 5) is 10.1. The molecule has 1 aliphatic rings. The molecule has 1 aromatic rings. The third kappa shape index (κ3) is 4.07. The Morgan fingerprint density at radius 2 is 2.19 bits per heavy atom. The van der Waals surface area contributed by atoms with Crippen LogP contribution in [0.1, 0.15) is 24.8 Å². The van der Waals surface area contributed by atoms with E-state index in [2.05, 4.69) is 10.6 Å². The number of nitrogens with one attached hydrogen (secondary N) is 2. The van der Waals surface area contributed by atoms with E-state index in [4.69, 9.17) is 0 Å².